The van der Waals surface area contributed by atoms with Crippen molar-refractivity contribution in [2.45, 2.75) is 0 Å². The molecule has 174 valence electrons. The lowest BCUT2D eigenvalue weighted by Crippen LogP contribution is -2.06. The third-order valence-electron chi connectivity index (χ3n) is 3.88. The molecule has 0 aliphatic heterocycles. The van der Waals surface area contributed by atoms with E-state index in [0.717, 1.165) is 0 Å². The average Bonchev–Trinajstić information content (AvgIpc) is 2.78. The third kappa shape index (κ3) is 4.10. The smallest absolute Gasteiger partial charge is 0.202 e. The van der Waals surface area contributed by atoms with Gasteiger partial charge in [-0.25, -0.2) is 35.1 Å². The van der Waals surface area contributed by atoms with Crippen LogP contribution < -0.4 is 0 Å². The zero-order chi connectivity index (χ0) is 25.5. The quantitative estimate of drug-likeness (QED) is 0.191. The molecular formula is C20F12N2. The standard InChI is InChI=1S/C20F12N2/c21-9-5(1-3-7-13(25)17(29)33-18(30)14(7)26)10(22)12(24)6(11(9)23)2-4-8-15(27)19(31)34-20(32)16(8)28. The molecule has 3 aromatic rings. The first kappa shape index (κ1) is 24.4. The highest BCUT2D eigenvalue weighted by Crippen LogP contribution is 2.24. The van der Waals surface area contributed by atoms with E-state index in [1.165, 1.54) is 23.7 Å². The highest BCUT2D eigenvalue weighted by molar-refractivity contribution is 5.51. The van der Waals surface area contributed by atoms with Gasteiger partial charge in [-0.15, -0.1) is 0 Å². The van der Waals surface area contributed by atoms with Crippen LogP contribution in [0.5, 0.6) is 0 Å². The molecule has 1 aromatic carbocycles. The van der Waals surface area contributed by atoms with Gasteiger partial charge >= 0.3 is 0 Å². The van der Waals surface area contributed by atoms with Crippen LogP contribution in [-0.4, -0.2) is 9.97 Å². The van der Waals surface area contributed by atoms with Gasteiger partial charge in [-0.1, -0.05) is 23.7 Å². The van der Waals surface area contributed by atoms with Gasteiger partial charge in [-0.05, 0) is 0 Å². The van der Waals surface area contributed by atoms with Crippen molar-refractivity contribution in [3.8, 4) is 23.7 Å². The summed E-state index contributed by atoms with van der Waals surface area (Å²) in [5.74, 6) is -21.8. The van der Waals surface area contributed by atoms with Crippen molar-refractivity contribution in [3.63, 3.8) is 0 Å². The minimum atomic E-state index is -2.35. The fourth-order valence-corrected chi connectivity index (χ4v) is 2.29. The summed E-state index contributed by atoms with van der Waals surface area (Å²) in [5, 5.41) is 0. The molecule has 0 N–H and O–H groups in total. The molecule has 0 saturated heterocycles. The van der Waals surface area contributed by atoms with E-state index < -0.39 is 92.6 Å². The van der Waals surface area contributed by atoms with E-state index in [9.17, 15) is 52.7 Å². The third-order valence-corrected chi connectivity index (χ3v) is 3.88. The number of hydrogen-bond acceptors (Lipinski definition) is 2. The van der Waals surface area contributed by atoms with Gasteiger partial charge in [0.1, 0.15) is 22.3 Å². The Balaban J connectivity index is 2.18. The lowest BCUT2D eigenvalue weighted by Gasteiger charge is -2.05. The van der Waals surface area contributed by atoms with Crippen molar-refractivity contribution < 1.29 is 52.7 Å². The minimum absolute atomic E-state index is 1.25. The fourth-order valence-electron chi connectivity index (χ4n) is 2.29. The van der Waals surface area contributed by atoms with Crippen LogP contribution in [0.15, 0.2) is 0 Å². The van der Waals surface area contributed by atoms with E-state index in [0.29, 0.717) is 0 Å². The molecule has 2 aromatic heterocycles. The topological polar surface area (TPSA) is 25.8 Å². The van der Waals surface area contributed by atoms with Gasteiger partial charge in [0.25, 0.3) is 23.8 Å². The molecule has 2 heterocycles. The van der Waals surface area contributed by atoms with Gasteiger partial charge in [0.2, 0.25) is 0 Å². The van der Waals surface area contributed by atoms with Gasteiger partial charge in [-0.3, -0.25) is 0 Å². The summed E-state index contributed by atoms with van der Waals surface area (Å²) in [6.45, 7) is 0. The lowest BCUT2D eigenvalue weighted by molar-refractivity contribution is 0.404. The Labute approximate surface area is 179 Å². The molecular weight excluding hydrogens is 496 g/mol. The van der Waals surface area contributed by atoms with Gasteiger partial charge in [0.05, 0.1) is 0 Å². The number of pyridine rings is 2. The molecule has 0 saturated carbocycles. The summed E-state index contributed by atoms with van der Waals surface area (Å²) >= 11 is 0. The number of halogens is 12. The maximum atomic E-state index is 14.2. The fraction of sp³-hybridized carbons (Fsp3) is 0. The molecule has 0 aliphatic rings. The van der Waals surface area contributed by atoms with Crippen molar-refractivity contribution in [2.75, 3.05) is 0 Å². The molecule has 0 spiro atoms. The van der Waals surface area contributed by atoms with Crippen LogP contribution in [-0.2, 0) is 0 Å². The average molecular weight is 496 g/mol. The van der Waals surface area contributed by atoms with Crippen LogP contribution in [0.3, 0.4) is 0 Å². The van der Waals surface area contributed by atoms with Gasteiger partial charge in [0.15, 0.2) is 46.5 Å². The summed E-state index contributed by atoms with van der Waals surface area (Å²) in [6.07, 6.45) is 0. The van der Waals surface area contributed by atoms with Crippen LogP contribution in [0.1, 0.15) is 22.3 Å². The van der Waals surface area contributed by atoms with Crippen LogP contribution in [0.25, 0.3) is 0 Å². The number of benzene rings is 1. The Hall–Kier alpha value is -4.20. The van der Waals surface area contributed by atoms with Crippen molar-refractivity contribution >= 4 is 0 Å². The van der Waals surface area contributed by atoms with Crippen molar-refractivity contribution in [1.29, 1.82) is 0 Å². The molecule has 0 bridgehead atoms. The summed E-state index contributed by atoms with van der Waals surface area (Å²) in [6, 6.07) is 0. The lowest BCUT2D eigenvalue weighted by atomic mass is 10.1. The Morgan fingerprint density at radius 1 is 0.294 bits per heavy atom. The Kier molecular flexibility index (Phi) is 6.45. The van der Waals surface area contributed by atoms with Crippen LogP contribution >= 0.6 is 0 Å². The molecule has 2 nitrogen and oxygen atoms in total. The highest BCUT2D eigenvalue weighted by Gasteiger charge is 2.25. The van der Waals surface area contributed by atoms with Crippen LogP contribution in [0.4, 0.5) is 52.7 Å². The SMILES string of the molecule is Fc1nc(F)c(F)c(C#Cc2c(F)c(F)c(C#Cc3c(F)c(F)nc(F)c3F)c(F)c2F)c1F. The summed E-state index contributed by atoms with van der Waals surface area (Å²) in [5.41, 5.74) is -7.09. The second-order valence-electron chi connectivity index (χ2n) is 5.90. The molecule has 3 rings (SSSR count). The minimum Gasteiger partial charge on any atom is -0.202 e. The molecule has 0 amide bonds. The highest BCUT2D eigenvalue weighted by atomic mass is 19.2. The van der Waals surface area contributed by atoms with Crippen LogP contribution in [0.2, 0.25) is 0 Å². The molecule has 0 unspecified atom stereocenters. The van der Waals surface area contributed by atoms with Crippen LogP contribution in [0, 0.1) is 94.0 Å². The Morgan fingerprint density at radius 2 is 0.471 bits per heavy atom. The summed E-state index contributed by atoms with van der Waals surface area (Å²) < 4.78 is 163. The van der Waals surface area contributed by atoms with E-state index in [1.54, 1.807) is 0 Å². The maximum absolute atomic E-state index is 14.2. The Bertz CT molecular complexity index is 1300. The van der Waals surface area contributed by atoms with Gasteiger partial charge < -0.3 is 0 Å². The second-order valence-corrected chi connectivity index (χ2v) is 5.90. The molecule has 0 fully saturated rings. The zero-order valence-electron chi connectivity index (χ0n) is 15.4. The summed E-state index contributed by atoms with van der Waals surface area (Å²) in [4.78, 5) is 4.39. The van der Waals surface area contributed by atoms with E-state index in [4.69, 9.17) is 0 Å². The van der Waals surface area contributed by atoms with E-state index in [1.807, 2.05) is 0 Å². The molecule has 0 aliphatic carbocycles. The Morgan fingerprint density at radius 3 is 0.676 bits per heavy atom. The predicted molar refractivity (Wildman–Crippen MR) is 86.4 cm³/mol. The van der Waals surface area contributed by atoms with Gasteiger partial charge in [-0.2, -0.15) is 27.5 Å². The van der Waals surface area contributed by atoms with E-state index in [2.05, 4.69) is 9.97 Å². The first-order valence-corrected chi connectivity index (χ1v) is 8.16. The number of nitrogens with zero attached hydrogens (tertiary/aromatic N) is 2. The van der Waals surface area contributed by atoms with E-state index in [-0.39, 0.29) is 0 Å². The maximum Gasteiger partial charge on any atom is 0.253 e. The largest absolute Gasteiger partial charge is 0.253 e. The summed E-state index contributed by atoms with van der Waals surface area (Å²) in [7, 11) is 0. The first-order chi connectivity index (χ1) is 15.9. The predicted octanol–water partition coefficient (Wildman–Crippen LogP) is 4.95. The first-order valence-electron chi connectivity index (χ1n) is 8.16. The monoisotopic (exact) mass is 496 g/mol. The second kappa shape index (κ2) is 8.97. The van der Waals surface area contributed by atoms with Crippen molar-refractivity contribution in [3.05, 3.63) is 92.6 Å². The number of hydrogen-bond donors (Lipinski definition) is 0. The van der Waals surface area contributed by atoms with Crippen molar-refractivity contribution in [2.24, 2.45) is 0 Å². The molecule has 14 heteroatoms. The normalized spacial score (nSPS) is 10.5. The molecule has 34 heavy (non-hydrogen) atoms. The van der Waals surface area contributed by atoms with Crippen molar-refractivity contribution in [1.82, 2.24) is 9.97 Å². The molecule has 0 radical (unpaired) electrons. The van der Waals surface area contributed by atoms with E-state index >= 15 is 0 Å². The number of aromatic nitrogens is 2. The zero-order valence-corrected chi connectivity index (χ0v) is 15.4. The molecule has 0 atom stereocenters. The van der Waals surface area contributed by atoms with Gasteiger partial charge in [0, 0.05) is 0 Å². The number of rotatable bonds is 0.